The lowest BCUT2D eigenvalue weighted by molar-refractivity contribution is 0.254. The van der Waals surface area contributed by atoms with Gasteiger partial charge in [0.25, 0.3) is 0 Å². The van der Waals surface area contributed by atoms with Crippen LogP contribution in [0.2, 0.25) is 0 Å². The number of aliphatic hydroxyl groups is 2. The van der Waals surface area contributed by atoms with Crippen molar-refractivity contribution >= 4 is 0 Å². The van der Waals surface area contributed by atoms with E-state index in [2.05, 4.69) is 4.98 Å². The van der Waals surface area contributed by atoms with Crippen LogP contribution >= 0.6 is 0 Å². The Bertz CT molecular complexity index is 289. The van der Waals surface area contributed by atoms with Crippen LogP contribution in [0.25, 0.3) is 0 Å². The SMILES string of the molecule is Cc1ncc(CO)c(CO)c1F. The molecular weight excluding hydrogens is 161 g/mol. The van der Waals surface area contributed by atoms with Gasteiger partial charge in [0, 0.05) is 17.3 Å². The minimum absolute atomic E-state index is 0.130. The van der Waals surface area contributed by atoms with Gasteiger partial charge in [-0.2, -0.15) is 0 Å². The predicted molar refractivity (Wildman–Crippen MR) is 40.8 cm³/mol. The van der Waals surface area contributed by atoms with E-state index in [1.807, 2.05) is 0 Å². The maximum atomic E-state index is 13.1. The highest BCUT2D eigenvalue weighted by atomic mass is 19.1. The van der Waals surface area contributed by atoms with Gasteiger partial charge in [0.2, 0.25) is 0 Å². The number of halogens is 1. The second-order valence-electron chi connectivity index (χ2n) is 2.48. The normalized spacial score (nSPS) is 10.3. The second-order valence-corrected chi connectivity index (χ2v) is 2.48. The van der Waals surface area contributed by atoms with Crippen molar-refractivity contribution in [2.45, 2.75) is 20.1 Å². The van der Waals surface area contributed by atoms with Crippen molar-refractivity contribution < 1.29 is 14.6 Å². The average Bonchev–Trinajstić information content (AvgIpc) is 2.09. The number of aromatic nitrogens is 1. The average molecular weight is 171 g/mol. The Balaban J connectivity index is 3.25. The molecule has 0 amide bonds. The van der Waals surface area contributed by atoms with E-state index in [1.165, 1.54) is 13.1 Å². The minimum atomic E-state index is -0.538. The second kappa shape index (κ2) is 3.60. The van der Waals surface area contributed by atoms with Crippen LogP contribution in [-0.4, -0.2) is 15.2 Å². The van der Waals surface area contributed by atoms with Gasteiger partial charge in [-0.25, -0.2) is 4.39 Å². The first-order valence-corrected chi connectivity index (χ1v) is 3.55. The molecule has 0 aromatic carbocycles. The van der Waals surface area contributed by atoms with E-state index in [-0.39, 0.29) is 17.9 Å². The maximum absolute atomic E-state index is 13.1. The van der Waals surface area contributed by atoms with E-state index in [0.717, 1.165) is 0 Å². The summed E-state index contributed by atoms with van der Waals surface area (Å²) < 4.78 is 13.1. The Kier molecular flexibility index (Phi) is 2.73. The van der Waals surface area contributed by atoms with Crippen LogP contribution in [0.1, 0.15) is 16.8 Å². The zero-order valence-electron chi connectivity index (χ0n) is 6.71. The van der Waals surface area contributed by atoms with E-state index >= 15 is 0 Å². The van der Waals surface area contributed by atoms with Crippen molar-refractivity contribution in [3.63, 3.8) is 0 Å². The molecule has 0 bridgehead atoms. The molecule has 1 aromatic heterocycles. The van der Waals surface area contributed by atoms with Gasteiger partial charge in [-0.1, -0.05) is 0 Å². The molecule has 0 saturated heterocycles. The molecule has 0 aliphatic carbocycles. The highest BCUT2D eigenvalue weighted by Gasteiger charge is 2.10. The molecule has 0 fully saturated rings. The highest BCUT2D eigenvalue weighted by Crippen LogP contribution is 2.14. The zero-order valence-corrected chi connectivity index (χ0v) is 6.71. The van der Waals surface area contributed by atoms with Gasteiger partial charge in [-0.05, 0) is 6.92 Å². The molecule has 0 saturated carbocycles. The van der Waals surface area contributed by atoms with Gasteiger partial charge in [-0.3, -0.25) is 4.98 Å². The molecule has 66 valence electrons. The summed E-state index contributed by atoms with van der Waals surface area (Å²) >= 11 is 0. The van der Waals surface area contributed by atoms with Crippen LogP contribution < -0.4 is 0 Å². The first kappa shape index (κ1) is 9.09. The van der Waals surface area contributed by atoms with Crippen molar-refractivity contribution in [2.75, 3.05) is 0 Å². The van der Waals surface area contributed by atoms with Crippen molar-refractivity contribution in [3.05, 3.63) is 28.8 Å². The fourth-order valence-electron chi connectivity index (χ4n) is 0.976. The fraction of sp³-hybridized carbons (Fsp3) is 0.375. The molecule has 0 aliphatic rings. The van der Waals surface area contributed by atoms with Crippen LogP contribution in [0.3, 0.4) is 0 Å². The number of rotatable bonds is 2. The van der Waals surface area contributed by atoms with Gasteiger partial charge in [0.1, 0.15) is 5.82 Å². The number of hydrogen-bond acceptors (Lipinski definition) is 3. The Morgan fingerprint density at radius 1 is 1.42 bits per heavy atom. The van der Waals surface area contributed by atoms with Crippen LogP contribution in [0.15, 0.2) is 6.20 Å². The summed E-state index contributed by atoms with van der Waals surface area (Å²) in [6.07, 6.45) is 1.37. The predicted octanol–water partition coefficient (Wildman–Crippen LogP) is 0.514. The minimum Gasteiger partial charge on any atom is -0.392 e. The van der Waals surface area contributed by atoms with E-state index in [9.17, 15) is 4.39 Å². The van der Waals surface area contributed by atoms with E-state index in [4.69, 9.17) is 10.2 Å². The molecule has 0 radical (unpaired) electrons. The number of nitrogens with zero attached hydrogens (tertiary/aromatic N) is 1. The Morgan fingerprint density at radius 3 is 2.58 bits per heavy atom. The van der Waals surface area contributed by atoms with Crippen LogP contribution in [0.5, 0.6) is 0 Å². The van der Waals surface area contributed by atoms with Crippen LogP contribution in [0, 0.1) is 12.7 Å². The number of pyridine rings is 1. The Hall–Kier alpha value is -1.00. The highest BCUT2D eigenvalue weighted by molar-refractivity contribution is 5.27. The zero-order chi connectivity index (χ0) is 9.14. The summed E-state index contributed by atoms with van der Waals surface area (Å²) in [6.45, 7) is 0.792. The quantitative estimate of drug-likeness (QED) is 0.681. The summed E-state index contributed by atoms with van der Waals surface area (Å²) in [5.41, 5.74) is 0.696. The molecular formula is C8H10FNO2. The largest absolute Gasteiger partial charge is 0.392 e. The fourth-order valence-corrected chi connectivity index (χ4v) is 0.976. The lowest BCUT2D eigenvalue weighted by Gasteiger charge is -2.06. The van der Waals surface area contributed by atoms with Gasteiger partial charge in [0.15, 0.2) is 0 Å². The molecule has 1 heterocycles. The van der Waals surface area contributed by atoms with Gasteiger partial charge in [0.05, 0.1) is 18.9 Å². The van der Waals surface area contributed by atoms with Gasteiger partial charge in [-0.15, -0.1) is 0 Å². The van der Waals surface area contributed by atoms with E-state index in [0.29, 0.717) is 5.56 Å². The number of aryl methyl sites for hydroxylation is 1. The summed E-state index contributed by atoms with van der Waals surface area (Å²) in [5.74, 6) is -0.538. The first-order valence-electron chi connectivity index (χ1n) is 3.55. The molecule has 4 heteroatoms. The first-order chi connectivity index (χ1) is 5.70. The molecule has 0 spiro atoms. The van der Waals surface area contributed by atoms with Crippen LogP contribution in [0.4, 0.5) is 4.39 Å². The van der Waals surface area contributed by atoms with Crippen molar-refractivity contribution in [1.82, 2.24) is 4.98 Å². The maximum Gasteiger partial charge on any atom is 0.150 e. The smallest absolute Gasteiger partial charge is 0.150 e. The summed E-state index contributed by atoms with van der Waals surface area (Å²) in [5, 5.41) is 17.5. The summed E-state index contributed by atoms with van der Waals surface area (Å²) in [4.78, 5) is 3.71. The summed E-state index contributed by atoms with van der Waals surface area (Å²) in [6, 6.07) is 0. The molecule has 12 heavy (non-hydrogen) atoms. The molecule has 0 aliphatic heterocycles. The molecule has 2 N–H and O–H groups in total. The third-order valence-corrected chi connectivity index (χ3v) is 1.71. The van der Waals surface area contributed by atoms with Crippen LogP contribution in [-0.2, 0) is 13.2 Å². The van der Waals surface area contributed by atoms with Gasteiger partial charge < -0.3 is 10.2 Å². The number of aliphatic hydroxyl groups excluding tert-OH is 2. The monoisotopic (exact) mass is 171 g/mol. The molecule has 1 rings (SSSR count). The number of hydrogen-bond donors (Lipinski definition) is 2. The van der Waals surface area contributed by atoms with Crippen molar-refractivity contribution in [1.29, 1.82) is 0 Å². The van der Waals surface area contributed by atoms with Crippen molar-refractivity contribution in [3.8, 4) is 0 Å². The molecule has 1 aromatic rings. The van der Waals surface area contributed by atoms with E-state index < -0.39 is 12.4 Å². The lowest BCUT2D eigenvalue weighted by Crippen LogP contribution is -2.02. The third-order valence-electron chi connectivity index (χ3n) is 1.71. The molecule has 0 atom stereocenters. The molecule has 0 unspecified atom stereocenters. The lowest BCUT2D eigenvalue weighted by atomic mass is 10.1. The molecule has 3 nitrogen and oxygen atoms in total. The van der Waals surface area contributed by atoms with Crippen molar-refractivity contribution in [2.24, 2.45) is 0 Å². The van der Waals surface area contributed by atoms with Gasteiger partial charge >= 0.3 is 0 Å². The Morgan fingerprint density at radius 2 is 2.08 bits per heavy atom. The Labute approximate surface area is 69.5 Å². The van der Waals surface area contributed by atoms with E-state index in [1.54, 1.807) is 0 Å². The standard InChI is InChI=1S/C8H10FNO2/c1-5-8(9)7(4-12)6(3-11)2-10-5/h2,11-12H,3-4H2,1H3. The summed E-state index contributed by atoms with van der Waals surface area (Å²) in [7, 11) is 0. The third kappa shape index (κ3) is 1.44. The topological polar surface area (TPSA) is 53.4 Å².